The van der Waals surface area contributed by atoms with Gasteiger partial charge in [0.05, 0.1) is 40.3 Å². The Labute approximate surface area is 635 Å². The van der Waals surface area contributed by atoms with Crippen molar-refractivity contribution in [2.24, 2.45) is 0 Å². The van der Waals surface area contributed by atoms with Crippen molar-refractivity contribution in [3.8, 4) is 0 Å². The lowest BCUT2D eigenvalue weighted by Crippen LogP contribution is -2.44. The number of likely N-dealkylation sites (N-methyl/N-ethyl adjacent to an activating group) is 1. The minimum Gasteiger partial charge on any atom is -0.545 e. The van der Waals surface area contributed by atoms with E-state index < -0.39 is 24.3 Å². The lowest BCUT2D eigenvalue weighted by molar-refractivity contribution is -0.870. The molecule has 0 aliphatic heterocycles. The molecule has 0 bridgehead atoms. The molecule has 0 aromatic carbocycles. The van der Waals surface area contributed by atoms with Crippen LogP contribution in [-0.4, -0.2) is 82.3 Å². The van der Waals surface area contributed by atoms with E-state index in [-0.39, 0.29) is 32.2 Å². The fraction of sp³-hybridized carbons (Fsp3) is 0.882. The molecule has 0 aliphatic rings. The summed E-state index contributed by atoms with van der Waals surface area (Å²) in [6.07, 6.45) is 109. The first-order valence-corrected chi connectivity index (χ1v) is 45.3. The molecular weight excluding hydrogens is 1260 g/mol. The third kappa shape index (κ3) is 84.5. The van der Waals surface area contributed by atoms with Gasteiger partial charge in [-0.05, 0) is 51.4 Å². The molecule has 102 heavy (non-hydrogen) atoms. The van der Waals surface area contributed by atoms with Crippen molar-refractivity contribution >= 4 is 17.9 Å². The van der Waals surface area contributed by atoms with Gasteiger partial charge in [-0.3, -0.25) is 9.59 Å². The second-order valence-electron chi connectivity index (χ2n) is 32.2. The van der Waals surface area contributed by atoms with Crippen molar-refractivity contribution in [3.05, 3.63) is 48.6 Å². The number of quaternary nitrogens is 1. The highest BCUT2D eigenvalue weighted by molar-refractivity contribution is 5.70. The van der Waals surface area contributed by atoms with Crippen LogP contribution in [0.4, 0.5) is 0 Å². The first-order valence-electron chi connectivity index (χ1n) is 45.3. The number of allylic oxidation sites excluding steroid dienone is 8. The molecule has 0 spiro atoms. The van der Waals surface area contributed by atoms with Crippen molar-refractivity contribution in [2.45, 2.75) is 482 Å². The van der Waals surface area contributed by atoms with Crippen molar-refractivity contribution < 1.29 is 42.9 Å². The Morgan fingerprint density at radius 3 is 0.833 bits per heavy atom. The number of carboxylic acid groups (broad SMARTS) is 1. The standard InChI is InChI=1S/C93H175NO8/c1-6-8-10-12-14-16-18-20-22-24-26-28-30-32-34-36-38-40-42-44-46-48-50-52-54-56-58-60-62-64-66-68-70-72-74-76-78-80-82-84-91(96)102-89(88-101-93(92(97)98)99-86-85-94(3,4)5)87-100-90(95)83-81-79-77-75-73-71-69-67-65-63-61-59-57-55-53-51-49-47-45-43-41-39-37-35-33-31-29-27-25-23-21-19-17-15-13-11-9-7-2/h8,10,14,16,20,22,26,28,89,93H,6-7,9,11-13,15,17-19,21,23-25,27,29-88H2,1-5H3/b10-8-,16-14-,22-20-,28-26-. The van der Waals surface area contributed by atoms with E-state index in [1.165, 1.54) is 379 Å². The van der Waals surface area contributed by atoms with E-state index >= 15 is 0 Å². The first-order chi connectivity index (χ1) is 50.1. The third-order valence-corrected chi connectivity index (χ3v) is 20.8. The van der Waals surface area contributed by atoms with Crippen molar-refractivity contribution in [1.29, 1.82) is 0 Å². The van der Waals surface area contributed by atoms with Crippen LogP contribution in [-0.2, 0) is 33.3 Å². The van der Waals surface area contributed by atoms with Crippen LogP contribution in [0.3, 0.4) is 0 Å². The second kappa shape index (κ2) is 83.9. The molecule has 0 radical (unpaired) electrons. The fourth-order valence-corrected chi connectivity index (χ4v) is 14.0. The smallest absolute Gasteiger partial charge is 0.306 e. The summed E-state index contributed by atoms with van der Waals surface area (Å²) >= 11 is 0. The summed E-state index contributed by atoms with van der Waals surface area (Å²) in [6.45, 7) is 4.73. The molecule has 9 heteroatoms. The predicted molar refractivity (Wildman–Crippen MR) is 440 cm³/mol. The van der Waals surface area contributed by atoms with Crippen LogP contribution < -0.4 is 5.11 Å². The Morgan fingerprint density at radius 1 is 0.304 bits per heavy atom. The van der Waals surface area contributed by atoms with Crippen LogP contribution in [0, 0.1) is 0 Å². The molecule has 0 heterocycles. The van der Waals surface area contributed by atoms with E-state index in [2.05, 4.69) is 62.5 Å². The maximum Gasteiger partial charge on any atom is 0.306 e. The van der Waals surface area contributed by atoms with Gasteiger partial charge in [0.25, 0.3) is 0 Å². The summed E-state index contributed by atoms with van der Waals surface area (Å²) in [6, 6.07) is 0. The molecule has 0 aromatic heterocycles. The zero-order valence-electron chi connectivity index (χ0n) is 69.0. The number of hydrogen-bond acceptors (Lipinski definition) is 8. The van der Waals surface area contributed by atoms with Gasteiger partial charge in [0.15, 0.2) is 12.4 Å². The Balaban J connectivity index is 3.88. The molecule has 0 rings (SSSR count). The topological polar surface area (TPSA) is 111 Å². The third-order valence-electron chi connectivity index (χ3n) is 20.8. The average molecular weight is 1440 g/mol. The van der Waals surface area contributed by atoms with Crippen LogP contribution in [0.5, 0.6) is 0 Å². The maximum absolute atomic E-state index is 13.0. The molecule has 0 saturated heterocycles. The second-order valence-corrected chi connectivity index (χ2v) is 32.2. The summed E-state index contributed by atoms with van der Waals surface area (Å²) in [5, 5.41) is 11.9. The van der Waals surface area contributed by atoms with Gasteiger partial charge in [0, 0.05) is 12.8 Å². The number of hydrogen-bond donors (Lipinski definition) is 0. The predicted octanol–water partition coefficient (Wildman–Crippen LogP) is 28.2. The fourth-order valence-electron chi connectivity index (χ4n) is 14.0. The number of carbonyl (C=O) groups is 3. The molecule has 0 aliphatic carbocycles. The minimum absolute atomic E-state index is 0.152. The summed E-state index contributed by atoms with van der Waals surface area (Å²) < 4.78 is 22.9. The maximum atomic E-state index is 13.0. The van der Waals surface area contributed by atoms with Crippen molar-refractivity contribution in [2.75, 3.05) is 47.5 Å². The van der Waals surface area contributed by atoms with Gasteiger partial charge in [-0.2, -0.15) is 0 Å². The van der Waals surface area contributed by atoms with E-state index in [0.29, 0.717) is 17.4 Å². The van der Waals surface area contributed by atoms with Gasteiger partial charge in [0.1, 0.15) is 13.2 Å². The van der Waals surface area contributed by atoms with Gasteiger partial charge in [-0.25, -0.2) is 0 Å². The number of unbranched alkanes of at least 4 members (excludes halogenated alkanes) is 63. The molecule has 2 atom stereocenters. The first kappa shape index (κ1) is 99.2. The zero-order valence-corrected chi connectivity index (χ0v) is 69.0. The van der Waals surface area contributed by atoms with Crippen LogP contribution in [0.2, 0.25) is 0 Å². The van der Waals surface area contributed by atoms with Crippen LogP contribution >= 0.6 is 0 Å². The summed E-state index contributed by atoms with van der Waals surface area (Å²) in [4.78, 5) is 37.7. The summed E-state index contributed by atoms with van der Waals surface area (Å²) in [7, 11) is 5.96. The van der Waals surface area contributed by atoms with Gasteiger partial charge in [0.2, 0.25) is 0 Å². The van der Waals surface area contributed by atoms with Crippen LogP contribution in [0.25, 0.3) is 0 Å². The number of rotatable bonds is 86. The number of aliphatic carboxylic acids is 1. The Hall–Kier alpha value is -2.75. The number of nitrogens with zero attached hydrogens (tertiary/aromatic N) is 1. The highest BCUT2D eigenvalue weighted by Crippen LogP contribution is 2.21. The lowest BCUT2D eigenvalue weighted by Gasteiger charge is -2.26. The average Bonchev–Trinajstić information content (AvgIpc) is 0.997. The molecule has 0 amide bonds. The van der Waals surface area contributed by atoms with E-state index in [4.69, 9.17) is 18.9 Å². The summed E-state index contributed by atoms with van der Waals surface area (Å²) in [5.41, 5.74) is 0. The molecule has 0 N–H and O–H groups in total. The SMILES string of the molecule is CC/C=C\C/C=C\C/C=C\C/C=C\CCCCCCCCCCCCCCCCCCCCCCCCCCCCC(=O)OC(COC(=O)CCCCCCCCCCCCCCCCCCCCCCCCCCCCCCCCCCCCCCCC)COC(OCC[N+](C)(C)C)C(=O)[O-]. The molecule has 600 valence electrons. The molecule has 0 saturated carbocycles. The monoisotopic (exact) mass is 1430 g/mol. The van der Waals surface area contributed by atoms with E-state index in [0.717, 1.165) is 64.2 Å². The molecule has 0 aromatic rings. The van der Waals surface area contributed by atoms with Crippen LogP contribution in [0.15, 0.2) is 48.6 Å². The molecular formula is C93H175NO8. The van der Waals surface area contributed by atoms with Gasteiger partial charge in [-0.1, -0.05) is 454 Å². The van der Waals surface area contributed by atoms with E-state index in [1.807, 2.05) is 21.1 Å². The van der Waals surface area contributed by atoms with Crippen molar-refractivity contribution in [1.82, 2.24) is 0 Å². The van der Waals surface area contributed by atoms with Crippen molar-refractivity contribution in [3.63, 3.8) is 0 Å². The summed E-state index contributed by atoms with van der Waals surface area (Å²) in [5.74, 6) is -2.24. The highest BCUT2D eigenvalue weighted by atomic mass is 16.7. The number of esters is 2. The van der Waals surface area contributed by atoms with E-state index in [1.54, 1.807) is 0 Å². The Morgan fingerprint density at radius 2 is 0.559 bits per heavy atom. The number of carboxylic acids is 1. The van der Waals surface area contributed by atoms with Gasteiger partial charge >= 0.3 is 11.9 Å². The van der Waals surface area contributed by atoms with Gasteiger partial charge < -0.3 is 33.3 Å². The molecule has 2 unspecified atom stereocenters. The number of carbonyl (C=O) groups excluding carboxylic acids is 3. The Kier molecular flexibility index (Phi) is 81.6. The highest BCUT2D eigenvalue weighted by Gasteiger charge is 2.22. The largest absolute Gasteiger partial charge is 0.545 e. The molecule has 9 nitrogen and oxygen atoms in total. The number of ether oxygens (including phenoxy) is 4. The minimum atomic E-state index is -1.62. The lowest BCUT2D eigenvalue weighted by atomic mass is 10.0. The van der Waals surface area contributed by atoms with Crippen LogP contribution in [0.1, 0.15) is 470 Å². The van der Waals surface area contributed by atoms with Gasteiger partial charge in [-0.15, -0.1) is 0 Å². The normalized spacial score (nSPS) is 12.8. The zero-order chi connectivity index (χ0) is 73.9. The van der Waals surface area contributed by atoms with E-state index in [9.17, 15) is 19.5 Å². The molecule has 0 fully saturated rings. The Bertz CT molecular complexity index is 1820. The quantitative estimate of drug-likeness (QED) is 0.0195.